The van der Waals surface area contributed by atoms with Crippen molar-refractivity contribution >= 4 is 0 Å². The van der Waals surface area contributed by atoms with Gasteiger partial charge in [-0.3, -0.25) is 0 Å². The van der Waals surface area contributed by atoms with Crippen molar-refractivity contribution in [2.45, 2.75) is 39.0 Å². The topological polar surface area (TPSA) is 66.0 Å². The van der Waals surface area contributed by atoms with Gasteiger partial charge >= 0.3 is 0 Å². The fourth-order valence-corrected chi connectivity index (χ4v) is 1.73. The lowest BCUT2D eigenvalue weighted by Crippen LogP contribution is -2.22. The molecule has 2 heterocycles. The Labute approximate surface area is 83.3 Å². The van der Waals surface area contributed by atoms with Crippen LogP contribution in [0.2, 0.25) is 0 Å². The van der Waals surface area contributed by atoms with Gasteiger partial charge < -0.3 is 15.0 Å². The zero-order valence-corrected chi connectivity index (χ0v) is 8.44. The van der Waals surface area contributed by atoms with Crippen molar-refractivity contribution in [1.82, 2.24) is 14.8 Å². The molecule has 78 valence electrons. The molecular formula is C9H16N4O. The van der Waals surface area contributed by atoms with Crippen LogP contribution in [0.4, 0.5) is 0 Å². The van der Waals surface area contributed by atoms with Gasteiger partial charge in [0.05, 0.1) is 12.6 Å². The lowest BCUT2D eigenvalue weighted by Gasteiger charge is -2.17. The number of rotatable bonds is 3. The molecule has 0 saturated carbocycles. The van der Waals surface area contributed by atoms with Gasteiger partial charge in [0, 0.05) is 6.54 Å². The minimum absolute atomic E-state index is 0.0133. The number of aromatic nitrogens is 3. The fourth-order valence-electron chi connectivity index (χ4n) is 1.73. The fraction of sp³-hybridized carbons (Fsp3) is 0.778. The summed E-state index contributed by atoms with van der Waals surface area (Å²) in [4.78, 5) is 0. The molecule has 2 rings (SSSR count). The molecule has 1 unspecified atom stereocenters. The van der Waals surface area contributed by atoms with Crippen molar-refractivity contribution in [2.75, 3.05) is 6.61 Å². The van der Waals surface area contributed by atoms with E-state index in [9.17, 15) is 0 Å². The van der Waals surface area contributed by atoms with Crippen molar-refractivity contribution in [3.05, 3.63) is 11.6 Å². The van der Waals surface area contributed by atoms with Gasteiger partial charge in [-0.25, -0.2) is 0 Å². The number of fused-ring (bicyclic) bond motifs is 1. The van der Waals surface area contributed by atoms with Gasteiger partial charge in [-0.05, 0) is 6.42 Å². The van der Waals surface area contributed by atoms with Crippen LogP contribution in [0.3, 0.4) is 0 Å². The third kappa shape index (κ3) is 1.65. The lowest BCUT2D eigenvalue weighted by atomic mass is 10.1. The Bertz CT molecular complexity index is 310. The summed E-state index contributed by atoms with van der Waals surface area (Å²) in [6, 6.07) is 0.0133. The Morgan fingerprint density at radius 3 is 3.21 bits per heavy atom. The summed E-state index contributed by atoms with van der Waals surface area (Å²) in [7, 11) is 0. The molecule has 1 atom stereocenters. The molecule has 1 aliphatic rings. The highest BCUT2D eigenvalue weighted by Gasteiger charge is 2.19. The van der Waals surface area contributed by atoms with E-state index >= 15 is 0 Å². The van der Waals surface area contributed by atoms with E-state index in [1.807, 2.05) is 0 Å². The van der Waals surface area contributed by atoms with Crippen molar-refractivity contribution in [1.29, 1.82) is 0 Å². The summed E-state index contributed by atoms with van der Waals surface area (Å²) in [5.41, 5.74) is 6.01. The Balaban J connectivity index is 2.21. The molecule has 0 fully saturated rings. The van der Waals surface area contributed by atoms with Crippen LogP contribution in [0.1, 0.15) is 37.5 Å². The zero-order valence-electron chi connectivity index (χ0n) is 8.44. The van der Waals surface area contributed by atoms with E-state index in [0.29, 0.717) is 6.61 Å². The molecule has 1 aromatic rings. The number of hydrogen-bond donors (Lipinski definition) is 1. The highest BCUT2D eigenvalue weighted by atomic mass is 16.5. The van der Waals surface area contributed by atoms with E-state index in [4.69, 9.17) is 10.5 Å². The minimum Gasteiger partial charge on any atom is -0.372 e. The summed E-state index contributed by atoms with van der Waals surface area (Å²) in [5.74, 6) is 1.81. The number of ether oxygens (including phenoxy) is 1. The van der Waals surface area contributed by atoms with Gasteiger partial charge in [0.15, 0.2) is 5.82 Å². The van der Waals surface area contributed by atoms with Crippen molar-refractivity contribution < 1.29 is 4.74 Å². The van der Waals surface area contributed by atoms with Gasteiger partial charge in [-0.2, -0.15) is 0 Å². The monoisotopic (exact) mass is 196 g/mol. The summed E-state index contributed by atoms with van der Waals surface area (Å²) >= 11 is 0. The Hall–Kier alpha value is -0.940. The minimum atomic E-state index is 0.0133. The molecular weight excluding hydrogens is 180 g/mol. The molecule has 2 N–H and O–H groups in total. The molecule has 14 heavy (non-hydrogen) atoms. The first-order valence-corrected chi connectivity index (χ1v) is 5.08. The third-order valence-electron chi connectivity index (χ3n) is 2.48. The van der Waals surface area contributed by atoms with Crippen molar-refractivity contribution in [3.63, 3.8) is 0 Å². The smallest absolute Gasteiger partial charge is 0.159 e. The molecule has 0 amide bonds. The molecule has 0 radical (unpaired) electrons. The Kier molecular flexibility index (Phi) is 2.79. The molecule has 1 aromatic heterocycles. The normalized spacial score (nSPS) is 17.9. The van der Waals surface area contributed by atoms with Gasteiger partial charge in [0.2, 0.25) is 0 Å². The first-order valence-electron chi connectivity index (χ1n) is 5.08. The SMILES string of the molecule is CCCC(N)c1nnc2n1CCOC2. The predicted molar refractivity (Wildman–Crippen MR) is 51.5 cm³/mol. The van der Waals surface area contributed by atoms with Crippen LogP contribution in [0.25, 0.3) is 0 Å². The molecule has 0 saturated heterocycles. The van der Waals surface area contributed by atoms with Crippen molar-refractivity contribution in [2.24, 2.45) is 5.73 Å². The summed E-state index contributed by atoms with van der Waals surface area (Å²) in [6.45, 7) is 4.24. The van der Waals surface area contributed by atoms with E-state index in [1.165, 1.54) is 0 Å². The summed E-state index contributed by atoms with van der Waals surface area (Å²) in [5, 5.41) is 8.19. The van der Waals surface area contributed by atoms with Crippen LogP contribution in [0, 0.1) is 0 Å². The second kappa shape index (κ2) is 4.06. The number of hydrogen-bond acceptors (Lipinski definition) is 4. The van der Waals surface area contributed by atoms with Crippen LogP contribution in [0.5, 0.6) is 0 Å². The first kappa shape index (κ1) is 9.61. The molecule has 0 spiro atoms. The first-order chi connectivity index (χ1) is 6.83. The maximum atomic E-state index is 6.01. The van der Waals surface area contributed by atoms with Gasteiger partial charge in [0.1, 0.15) is 12.4 Å². The van der Waals surface area contributed by atoms with E-state index in [-0.39, 0.29) is 6.04 Å². The number of nitrogens with zero attached hydrogens (tertiary/aromatic N) is 3. The van der Waals surface area contributed by atoms with Crippen LogP contribution in [-0.2, 0) is 17.9 Å². The second-order valence-corrected chi connectivity index (χ2v) is 3.57. The second-order valence-electron chi connectivity index (χ2n) is 3.57. The van der Waals surface area contributed by atoms with Gasteiger partial charge in [-0.1, -0.05) is 13.3 Å². The molecule has 0 aliphatic carbocycles. The van der Waals surface area contributed by atoms with E-state index in [0.717, 1.165) is 37.6 Å². The average Bonchev–Trinajstić information content (AvgIpc) is 2.61. The highest BCUT2D eigenvalue weighted by Crippen LogP contribution is 2.17. The molecule has 5 nitrogen and oxygen atoms in total. The van der Waals surface area contributed by atoms with Crippen LogP contribution in [0.15, 0.2) is 0 Å². The number of nitrogens with two attached hydrogens (primary N) is 1. The third-order valence-corrected chi connectivity index (χ3v) is 2.48. The predicted octanol–water partition coefficient (Wildman–Crippen LogP) is 0.608. The Morgan fingerprint density at radius 1 is 1.57 bits per heavy atom. The molecule has 1 aliphatic heterocycles. The summed E-state index contributed by atoms with van der Waals surface area (Å²) in [6.07, 6.45) is 2.03. The van der Waals surface area contributed by atoms with Gasteiger partial charge in [-0.15, -0.1) is 10.2 Å². The van der Waals surface area contributed by atoms with E-state index in [2.05, 4.69) is 21.7 Å². The maximum Gasteiger partial charge on any atom is 0.159 e. The van der Waals surface area contributed by atoms with Gasteiger partial charge in [0.25, 0.3) is 0 Å². The molecule has 0 aromatic carbocycles. The lowest BCUT2D eigenvalue weighted by molar-refractivity contribution is 0.0802. The molecule has 5 heteroatoms. The summed E-state index contributed by atoms with van der Waals surface area (Å²) < 4.78 is 7.37. The van der Waals surface area contributed by atoms with Crippen LogP contribution < -0.4 is 5.73 Å². The standard InChI is InChI=1S/C9H16N4O/c1-2-3-7(10)9-12-11-8-6-14-5-4-13(8)9/h7H,2-6,10H2,1H3. The largest absolute Gasteiger partial charge is 0.372 e. The maximum absolute atomic E-state index is 6.01. The van der Waals surface area contributed by atoms with Crippen molar-refractivity contribution in [3.8, 4) is 0 Å². The highest BCUT2D eigenvalue weighted by molar-refractivity contribution is 5.01. The van der Waals surface area contributed by atoms with Crippen LogP contribution >= 0.6 is 0 Å². The molecule has 0 bridgehead atoms. The quantitative estimate of drug-likeness (QED) is 0.769. The van der Waals surface area contributed by atoms with E-state index in [1.54, 1.807) is 0 Å². The average molecular weight is 196 g/mol. The zero-order chi connectivity index (χ0) is 9.97. The van der Waals surface area contributed by atoms with E-state index < -0.39 is 0 Å². The van der Waals surface area contributed by atoms with Crippen LogP contribution in [-0.4, -0.2) is 21.4 Å². The Morgan fingerprint density at radius 2 is 2.43 bits per heavy atom.